The average molecular weight is 225 g/mol. The fraction of sp³-hybridized carbons (Fsp3) is 0.200. The van der Waals surface area contributed by atoms with Gasteiger partial charge in [0.25, 0.3) is 0 Å². The first-order valence-electron chi connectivity index (χ1n) is 5.81. The van der Waals surface area contributed by atoms with Crippen LogP contribution in [0.2, 0.25) is 0 Å². The number of carbonyl (C=O) groups excluding carboxylic acids is 1. The van der Waals surface area contributed by atoms with Crippen LogP contribution in [-0.2, 0) is 4.79 Å². The maximum Gasteiger partial charge on any atom is 0.120 e. The number of rotatable bonds is 5. The molecule has 2 rings (SSSR count). The van der Waals surface area contributed by atoms with Crippen LogP contribution in [0, 0.1) is 0 Å². The first kappa shape index (κ1) is 11.5. The van der Waals surface area contributed by atoms with Crippen LogP contribution in [0.4, 0.5) is 0 Å². The molecule has 1 atom stereocenters. The van der Waals surface area contributed by atoms with Gasteiger partial charge in [-0.15, -0.1) is 0 Å². The van der Waals surface area contributed by atoms with Crippen molar-refractivity contribution in [2.45, 2.75) is 18.8 Å². The van der Waals surface area contributed by atoms with Gasteiger partial charge in [0, 0.05) is 24.2 Å². The summed E-state index contributed by atoms with van der Waals surface area (Å²) in [5.41, 5.74) is 2.24. The van der Waals surface area contributed by atoms with Crippen LogP contribution in [0.3, 0.4) is 0 Å². The molecule has 0 saturated carbocycles. The molecule has 0 saturated heterocycles. The normalized spacial score (nSPS) is 12.0. The molecule has 0 spiro atoms. The molecule has 1 heterocycles. The van der Waals surface area contributed by atoms with Gasteiger partial charge in [-0.1, -0.05) is 36.4 Å². The summed E-state index contributed by atoms with van der Waals surface area (Å²) in [5, 5.41) is 0. The molecule has 0 aliphatic heterocycles. The number of carbonyl (C=O) groups is 1. The van der Waals surface area contributed by atoms with Crippen molar-refractivity contribution in [3.63, 3.8) is 0 Å². The minimum atomic E-state index is 0.211. The minimum absolute atomic E-state index is 0.211. The van der Waals surface area contributed by atoms with Gasteiger partial charge in [-0.25, -0.2) is 0 Å². The third-order valence-corrected chi connectivity index (χ3v) is 2.82. The number of hydrogen-bond donors (Lipinski definition) is 0. The van der Waals surface area contributed by atoms with Gasteiger partial charge in [0.2, 0.25) is 0 Å². The summed E-state index contributed by atoms with van der Waals surface area (Å²) in [7, 11) is 0. The van der Waals surface area contributed by atoms with Crippen LogP contribution in [0.25, 0.3) is 0 Å². The lowest BCUT2D eigenvalue weighted by Crippen LogP contribution is -2.03. The Morgan fingerprint density at radius 2 is 1.82 bits per heavy atom. The minimum Gasteiger partial charge on any atom is -0.303 e. The van der Waals surface area contributed by atoms with E-state index in [4.69, 9.17) is 0 Å². The number of aldehydes is 1. The average Bonchev–Trinajstić information content (AvgIpc) is 2.42. The highest BCUT2D eigenvalue weighted by Gasteiger charge is 2.14. The van der Waals surface area contributed by atoms with Crippen molar-refractivity contribution < 1.29 is 4.79 Å². The van der Waals surface area contributed by atoms with Gasteiger partial charge in [0.1, 0.15) is 6.29 Å². The predicted octanol–water partition coefficient (Wildman–Crippen LogP) is 3.19. The van der Waals surface area contributed by atoms with Crippen molar-refractivity contribution in [1.29, 1.82) is 0 Å². The van der Waals surface area contributed by atoms with E-state index in [2.05, 4.69) is 17.1 Å². The van der Waals surface area contributed by atoms with Gasteiger partial charge in [0.05, 0.1) is 0 Å². The Labute approximate surface area is 101 Å². The van der Waals surface area contributed by atoms with Crippen molar-refractivity contribution >= 4 is 6.29 Å². The number of pyridine rings is 1. The van der Waals surface area contributed by atoms with Crippen LogP contribution >= 0.6 is 0 Å². The van der Waals surface area contributed by atoms with Gasteiger partial charge >= 0.3 is 0 Å². The molecule has 0 aliphatic rings. The topological polar surface area (TPSA) is 30.0 Å². The summed E-state index contributed by atoms with van der Waals surface area (Å²) in [4.78, 5) is 14.9. The number of nitrogens with zero attached hydrogens (tertiary/aromatic N) is 1. The molecule has 0 fully saturated rings. The second-order valence-corrected chi connectivity index (χ2v) is 3.96. The van der Waals surface area contributed by atoms with Crippen LogP contribution in [0.15, 0.2) is 54.7 Å². The molecule has 1 aromatic heterocycles. The summed E-state index contributed by atoms with van der Waals surface area (Å²) in [6, 6.07) is 16.1. The van der Waals surface area contributed by atoms with E-state index in [9.17, 15) is 4.79 Å². The molecule has 86 valence electrons. The maximum absolute atomic E-state index is 10.6. The second-order valence-electron chi connectivity index (χ2n) is 3.96. The standard InChI is InChI=1S/C15H15NO/c17-12-6-9-14(13-7-2-1-3-8-13)15-10-4-5-11-16-15/h1-5,7-8,10-12,14H,6,9H2. The third kappa shape index (κ3) is 3.00. The van der Waals surface area contributed by atoms with Crippen molar-refractivity contribution in [2.24, 2.45) is 0 Å². The molecule has 2 aromatic rings. The van der Waals surface area contributed by atoms with Gasteiger partial charge in [-0.2, -0.15) is 0 Å². The van der Waals surface area contributed by atoms with E-state index in [1.807, 2.05) is 36.4 Å². The lowest BCUT2D eigenvalue weighted by Gasteiger charge is -2.15. The Hall–Kier alpha value is -1.96. The van der Waals surface area contributed by atoms with Crippen LogP contribution in [0.1, 0.15) is 30.0 Å². The summed E-state index contributed by atoms with van der Waals surface area (Å²) < 4.78 is 0. The lowest BCUT2D eigenvalue weighted by atomic mass is 9.91. The van der Waals surface area contributed by atoms with E-state index >= 15 is 0 Å². The Bertz CT molecular complexity index is 413. The smallest absolute Gasteiger partial charge is 0.120 e. The Morgan fingerprint density at radius 1 is 1.06 bits per heavy atom. The van der Waals surface area contributed by atoms with Crippen molar-refractivity contribution in [3.8, 4) is 0 Å². The Morgan fingerprint density at radius 3 is 2.47 bits per heavy atom. The zero-order valence-electron chi connectivity index (χ0n) is 9.62. The largest absolute Gasteiger partial charge is 0.303 e. The van der Waals surface area contributed by atoms with Crippen molar-refractivity contribution in [3.05, 3.63) is 66.0 Å². The van der Waals surface area contributed by atoms with Gasteiger partial charge in [0.15, 0.2) is 0 Å². The third-order valence-electron chi connectivity index (χ3n) is 2.82. The van der Waals surface area contributed by atoms with Gasteiger partial charge in [-0.05, 0) is 24.1 Å². The first-order valence-corrected chi connectivity index (χ1v) is 5.81. The zero-order valence-corrected chi connectivity index (χ0v) is 9.62. The molecule has 2 nitrogen and oxygen atoms in total. The molecule has 0 amide bonds. The van der Waals surface area contributed by atoms with E-state index in [0.717, 1.165) is 18.4 Å². The van der Waals surface area contributed by atoms with E-state index in [1.54, 1.807) is 6.20 Å². The van der Waals surface area contributed by atoms with E-state index in [0.29, 0.717) is 6.42 Å². The van der Waals surface area contributed by atoms with Crippen molar-refractivity contribution in [1.82, 2.24) is 4.98 Å². The lowest BCUT2D eigenvalue weighted by molar-refractivity contribution is -0.107. The summed E-state index contributed by atoms with van der Waals surface area (Å²) in [5.74, 6) is 0.211. The highest BCUT2D eigenvalue weighted by molar-refractivity contribution is 5.49. The zero-order chi connectivity index (χ0) is 11.9. The number of hydrogen-bond acceptors (Lipinski definition) is 2. The molecule has 0 radical (unpaired) electrons. The molecular formula is C15H15NO. The molecule has 0 N–H and O–H groups in total. The molecule has 0 bridgehead atoms. The quantitative estimate of drug-likeness (QED) is 0.731. The molecular weight excluding hydrogens is 210 g/mol. The Kier molecular flexibility index (Phi) is 4.03. The number of aromatic nitrogens is 1. The second kappa shape index (κ2) is 5.94. The maximum atomic E-state index is 10.6. The van der Waals surface area contributed by atoms with Gasteiger partial charge in [-0.3, -0.25) is 4.98 Å². The van der Waals surface area contributed by atoms with Crippen LogP contribution in [-0.4, -0.2) is 11.3 Å². The highest BCUT2D eigenvalue weighted by atomic mass is 16.1. The molecule has 1 aromatic carbocycles. The Balaban J connectivity index is 2.29. The predicted molar refractivity (Wildman–Crippen MR) is 67.8 cm³/mol. The fourth-order valence-corrected chi connectivity index (χ4v) is 1.99. The summed E-state index contributed by atoms with van der Waals surface area (Å²) in [6.07, 6.45) is 4.14. The molecule has 0 aliphatic carbocycles. The summed E-state index contributed by atoms with van der Waals surface area (Å²) in [6.45, 7) is 0. The van der Waals surface area contributed by atoms with E-state index < -0.39 is 0 Å². The van der Waals surface area contributed by atoms with Crippen LogP contribution in [0.5, 0.6) is 0 Å². The van der Waals surface area contributed by atoms with Gasteiger partial charge < -0.3 is 4.79 Å². The van der Waals surface area contributed by atoms with Crippen molar-refractivity contribution in [2.75, 3.05) is 0 Å². The highest BCUT2D eigenvalue weighted by Crippen LogP contribution is 2.26. The molecule has 17 heavy (non-hydrogen) atoms. The van der Waals surface area contributed by atoms with E-state index in [-0.39, 0.29) is 5.92 Å². The van der Waals surface area contributed by atoms with Crippen LogP contribution < -0.4 is 0 Å². The number of benzene rings is 1. The summed E-state index contributed by atoms with van der Waals surface area (Å²) >= 11 is 0. The monoisotopic (exact) mass is 225 g/mol. The fourth-order valence-electron chi connectivity index (χ4n) is 1.99. The molecule has 2 heteroatoms. The molecule has 1 unspecified atom stereocenters. The first-order chi connectivity index (χ1) is 8.42. The SMILES string of the molecule is O=CCCC(c1ccccc1)c1ccccn1. The van der Waals surface area contributed by atoms with E-state index in [1.165, 1.54) is 5.56 Å².